The largest absolute Gasteiger partial charge is 0.507 e. The maximum absolute atomic E-state index is 14.0. The van der Waals surface area contributed by atoms with Crippen LogP contribution >= 0.6 is 12.2 Å². The van der Waals surface area contributed by atoms with E-state index in [2.05, 4.69) is 15.8 Å². The van der Waals surface area contributed by atoms with Crippen LogP contribution in [0, 0.1) is 11.6 Å². The molecule has 4 nitrogen and oxygen atoms in total. The Labute approximate surface area is 149 Å². The molecule has 2 aromatic rings. The highest BCUT2D eigenvalue weighted by atomic mass is 32.1. The van der Waals surface area contributed by atoms with Gasteiger partial charge in [-0.15, -0.1) is 0 Å². The molecular weight excluding hydrogens is 344 g/mol. The van der Waals surface area contributed by atoms with Crippen molar-refractivity contribution >= 4 is 23.0 Å². The number of fused-ring (bicyclic) bond motifs is 1. The third kappa shape index (κ3) is 3.76. The predicted octanol–water partition coefficient (Wildman–Crippen LogP) is 3.55. The molecule has 1 aliphatic carbocycles. The smallest absolute Gasteiger partial charge is 0.187 e. The Balaban J connectivity index is 1.66. The van der Waals surface area contributed by atoms with Crippen molar-refractivity contribution in [2.75, 3.05) is 0 Å². The molecule has 0 unspecified atom stereocenters. The van der Waals surface area contributed by atoms with Crippen LogP contribution in [0.15, 0.2) is 41.5 Å². The molecule has 0 amide bonds. The summed E-state index contributed by atoms with van der Waals surface area (Å²) in [6.07, 6.45) is 0.511. The van der Waals surface area contributed by atoms with Crippen LogP contribution in [-0.4, -0.2) is 15.9 Å². The van der Waals surface area contributed by atoms with Gasteiger partial charge in [0.25, 0.3) is 0 Å². The standard InChI is InChI=1S/C18H17F2N3OS/c1-10-8-14(17-15(24)7-6-13(20)16(10)17)22-23-18(25)21-9-11-2-4-12(19)5-3-11/h2-7,10,24H,8-9H2,1H3,(H2,21,23,25)/b22-14+/t10-/m0/s1. The average molecular weight is 361 g/mol. The van der Waals surface area contributed by atoms with Gasteiger partial charge in [-0.3, -0.25) is 5.43 Å². The minimum absolute atomic E-state index is 0.00601. The second kappa shape index (κ2) is 7.14. The lowest BCUT2D eigenvalue weighted by Gasteiger charge is -2.09. The van der Waals surface area contributed by atoms with E-state index in [1.54, 1.807) is 12.1 Å². The van der Waals surface area contributed by atoms with E-state index in [0.717, 1.165) is 5.56 Å². The van der Waals surface area contributed by atoms with Gasteiger partial charge in [-0.05, 0) is 54.4 Å². The van der Waals surface area contributed by atoms with Gasteiger partial charge in [-0.25, -0.2) is 8.78 Å². The molecule has 7 heteroatoms. The molecule has 0 bridgehead atoms. The van der Waals surface area contributed by atoms with Crippen LogP contribution in [0.2, 0.25) is 0 Å². The van der Waals surface area contributed by atoms with Crippen molar-refractivity contribution in [3.63, 3.8) is 0 Å². The van der Waals surface area contributed by atoms with E-state index < -0.39 is 0 Å². The van der Waals surface area contributed by atoms with Crippen LogP contribution in [0.3, 0.4) is 0 Å². The average Bonchev–Trinajstić information content (AvgIpc) is 2.93. The monoisotopic (exact) mass is 361 g/mol. The summed E-state index contributed by atoms with van der Waals surface area (Å²) in [5.74, 6) is -0.700. The minimum Gasteiger partial charge on any atom is -0.507 e. The first-order chi connectivity index (χ1) is 12.0. The molecule has 2 aromatic carbocycles. The zero-order valence-electron chi connectivity index (χ0n) is 13.5. The Morgan fingerprint density at radius 1 is 1.24 bits per heavy atom. The number of nitrogens with one attached hydrogen (secondary N) is 2. The van der Waals surface area contributed by atoms with Gasteiger partial charge in [0.05, 0.1) is 5.71 Å². The highest BCUT2D eigenvalue weighted by Crippen LogP contribution is 2.39. The molecule has 0 saturated carbocycles. The molecule has 130 valence electrons. The fourth-order valence-electron chi connectivity index (χ4n) is 2.91. The Morgan fingerprint density at radius 2 is 1.96 bits per heavy atom. The molecule has 1 atom stereocenters. The van der Waals surface area contributed by atoms with E-state index in [4.69, 9.17) is 12.2 Å². The summed E-state index contributed by atoms with van der Waals surface area (Å²) in [5, 5.41) is 17.5. The summed E-state index contributed by atoms with van der Waals surface area (Å²) < 4.78 is 26.8. The first-order valence-corrected chi connectivity index (χ1v) is 8.23. The van der Waals surface area contributed by atoms with Gasteiger partial charge in [-0.1, -0.05) is 19.1 Å². The second-order valence-corrected chi connectivity index (χ2v) is 6.35. The number of nitrogens with zero attached hydrogens (tertiary/aromatic N) is 1. The molecule has 0 spiro atoms. The Hall–Kier alpha value is -2.54. The maximum atomic E-state index is 14.0. The molecule has 0 heterocycles. The van der Waals surface area contributed by atoms with Gasteiger partial charge in [-0.2, -0.15) is 5.10 Å². The van der Waals surface area contributed by atoms with Crippen LogP contribution in [0.1, 0.15) is 36.0 Å². The number of rotatable bonds is 3. The van der Waals surface area contributed by atoms with E-state index in [1.807, 2.05) is 6.92 Å². The van der Waals surface area contributed by atoms with Crippen LogP contribution < -0.4 is 10.7 Å². The van der Waals surface area contributed by atoms with Crippen molar-refractivity contribution in [1.29, 1.82) is 0 Å². The fraction of sp³-hybridized carbons (Fsp3) is 0.222. The number of hydrazone groups is 1. The summed E-state index contributed by atoms with van der Waals surface area (Å²) in [5.41, 5.74) is 5.06. The first kappa shape index (κ1) is 17.3. The van der Waals surface area contributed by atoms with E-state index in [9.17, 15) is 13.9 Å². The lowest BCUT2D eigenvalue weighted by atomic mass is 10.0. The number of phenolic OH excluding ortho intramolecular Hbond substituents is 1. The molecule has 0 fully saturated rings. The zero-order chi connectivity index (χ0) is 18.0. The van der Waals surface area contributed by atoms with E-state index in [1.165, 1.54) is 24.3 Å². The molecular formula is C18H17F2N3OS. The quantitative estimate of drug-likeness (QED) is 0.578. The highest BCUT2D eigenvalue weighted by molar-refractivity contribution is 7.80. The van der Waals surface area contributed by atoms with Crippen molar-refractivity contribution in [1.82, 2.24) is 10.7 Å². The molecule has 0 radical (unpaired) electrons. The number of hydrogen-bond acceptors (Lipinski definition) is 3. The van der Waals surface area contributed by atoms with E-state index in [-0.39, 0.29) is 28.4 Å². The molecule has 3 rings (SSSR count). The number of aromatic hydroxyl groups is 1. The third-order valence-electron chi connectivity index (χ3n) is 4.11. The Bertz CT molecular complexity index is 837. The SMILES string of the molecule is C[C@H]1C/C(=N\NC(=S)NCc2ccc(F)cc2)c2c(O)ccc(F)c21. The summed E-state index contributed by atoms with van der Waals surface area (Å²) >= 11 is 5.16. The minimum atomic E-state index is -0.345. The number of halogens is 2. The van der Waals surface area contributed by atoms with Crippen molar-refractivity contribution in [3.05, 3.63) is 64.7 Å². The van der Waals surface area contributed by atoms with Gasteiger partial charge >= 0.3 is 0 Å². The maximum Gasteiger partial charge on any atom is 0.187 e. The fourth-order valence-corrected chi connectivity index (χ4v) is 3.02. The summed E-state index contributed by atoms with van der Waals surface area (Å²) in [7, 11) is 0. The van der Waals surface area contributed by atoms with Crippen LogP contribution in [-0.2, 0) is 6.54 Å². The van der Waals surface area contributed by atoms with E-state index >= 15 is 0 Å². The van der Waals surface area contributed by atoms with E-state index in [0.29, 0.717) is 29.8 Å². The Kier molecular flexibility index (Phi) is 4.94. The van der Waals surface area contributed by atoms with Crippen molar-refractivity contribution < 1.29 is 13.9 Å². The lowest BCUT2D eigenvalue weighted by molar-refractivity contribution is 0.470. The molecule has 25 heavy (non-hydrogen) atoms. The van der Waals surface area contributed by atoms with Gasteiger partial charge in [0.15, 0.2) is 5.11 Å². The topological polar surface area (TPSA) is 56.7 Å². The number of benzene rings is 2. The Morgan fingerprint density at radius 3 is 2.68 bits per heavy atom. The second-order valence-electron chi connectivity index (χ2n) is 5.94. The third-order valence-corrected chi connectivity index (χ3v) is 4.35. The first-order valence-electron chi connectivity index (χ1n) is 7.82. The number of phenols is 1. The zero-order valence-corrected chi connectivity index (χ0v) is 14.3. The van der Waals surface area contributed by atoms with Gasteiger partial charge < -0.3 is 10.4 Å². The number of hydrogen-bond donors (Lipinski definition) is 3. The van der Waals surface area contributed by atoms with Crippen molar-refractivity contribution in [3.8, 4) is 5.75 Å². The summed E-state index contributed by atoms with van der Waals surface area (Å²) in [6, 6.07) is 8.66. The number of thiocarbonyl (C=S) groups is 1. The van der Waals surface area contributed by atoms with Gasteiger partial charge in [0.2, 0.25) is 0 Å². The predicted molar refractivity (Wildman–Crippen MR) is 96.6 cm³/mol. The van der Waals surface area contributed by atoms with Crippen LogP contribution in [0.5, 0.6) is 5.75 Å². The molecule has 0 aliphatic heterocycles. The van der Waals surface area contributed by atoms with Gasteiger partial charge in [0.1, 0.15) is 17.4 Å². The highest BCUT2D eigenvalue weighted by Gasteiger charge is 2.30. The normalized spacial score (nSPS) is 17.4. The molecule has 1 aliphatic rings. The van der Waals surface area contributed by atoms with Gasteiger partial charge in [0, 0.05) is 17.7 Å². The lowest BCUT2D eigenvalue weighted by Crippen LogP contribution is -2.32. The molecule has 3 N–H and O–H groups in total. The molecule has 0 aromatic heterocycles. The van der Waals surface area contributed by atoms with Crippen molar-refractivity contribution in [2.24, 2.45) is 5.10 Å². The summed E-state index contributed by atoms with van der Waals surface area (Å²) in [6.45, 7) is 2.30. The summed E-state index contributed by atoms with van der Waals surface area (Å²) in [4.78, 5) is 0. The van der Waals surface area contributed by atoms with Crippen LogP contribution in [0.4, 0.5) is 8.78 Å². The molecule has 0 saturated heterocycles. The van der Waals surface area contributed by atoms with Crippen molar-refractivity contribution in [2.45, 2.75) is 25.8 Å². The van der Waals surface area contributed by atoms with Crippen LogP contribution in [0.25, 0.3) is 0 Å².